The minimum absolute atomic E-state index is 0.106. The van der Waals surface area contributed by atoms with Crippen molar-refractivity contribution in [1.82, 2.24) is 5.16 Å². The molecule has 2 aliphatic carbocycles. The molecular weight excluding hydrogens is 336 g/mol. The summed E-state index contributed by atoms with van der Waals surface area (Å²) in [5.41, 5.74) is -0.215. The average molecular weight is 352 g/mol. The molecule has 2 atom stereocenters. The molecule has 2 unspecified atom stereocenters. The van der Waals surface area contributed by atoms with Crippen LogP contribution in [-0.4, -0.2) is 35.4 Å². The summed E-state index contributed by atoms with van der Waals surface area (Å²) in [7, 11) is -4.21. The van der Waals surface area contributed by atoms with Crippen LogP contribution in [0.3, 0.4) is 0 Å². The Hall–Kier alpha value is -2.29. The first-order valence-corrected chi connectivity index (χ1v) is 9.22. The van der Waals surface area contributed by atoms with Crippen LogP contribution in [0.2, 0.25) is 0 Å². The summed E-state index contributed by atoms with van der Waals surface area (Å²) in [6.45, 7) is 1.90. The Kier molecular flexibility index (Phi) is 3.52. The molecule has 9 heteroatoms. The summed E-state index contributed by atoms with van der Waals surface area (Å²) < 4.78 is 29.6. The van der Waals surface area contributed by atoms with E-state index in [1.54, 1.807) is 0 Å². The molecule has 0 radical (unpaired) electrons. The van der Waals surface area contributed by atoms with Gasteiger partial charge in [0.15, 0.2) is 11.5 Å². The van der Waals surface area contributed by atoms with Crippen LogP contribution in [0.25, 0.3) is 0 Å². The summed E-state index contributed by atoms with van der Waals surface area (Å²) in [4.78, 5) is 21.2. The van der Waals surface area contributed by atoms with Crippen molar-refractivity contribution in [2.45, 2.75) is 30.1 Å². The molecule has 1 heterocycles. The Morgan fingerprint density at radius 2 is 2.08 bits per heavy atom. The zero-order valence-corrected chi connectivity index (χ0v) is 13.9. The van der Waals surface area contributed by atoms with Crippen molar-refractivity contribution in [3.8, 4) is 0 Å². The van der Waals surface area contributed by atoms with Gasteiger partial charge in [-0.25, -0.2) is 8.42 Å². The van der Waals surface area contributed by atoms with Crippen molar-refractivity contribution in [2.75, 3.05) is 6.26 Å². The smallest absolute Gasteiger partial charge is 0.350 e. The number of allylic oxidation sites excluding steroid dienone is 2. The van der Waals surface area contributed by atoms with Gasteiger partial charge in [-0.2, -0.15) is 0 Å². The third-order valence-electron chi connectivity index (χ3n) is 4.74. The van der Waals surface area contributed by atoms with E-state index in [9.17, 15) is 23.3 Å². The van der Waals surface area contributed by atoms with Gasteiger partial charge in [0, 0.05) is 22.7 Å². The number of hydrogen-bond acceptors (Lipinski definition) is 7. The van der Waals surface area contributed by atoms with E-state index in [2.05, 4.69) is 5.16 Å². The summed E-state index contributed by atoms with van der Waals surface area (Å²) in [5, 5.41) is 15.3. The van der Waals surface area contributed by atoms with Gasteiger partial charge < -0.3 is 4.52 Å². The van der Waals surface area contributed by atoms with Crippen molar-refractivity contribution in [3.05, 3.63) is 51.9 Å². The standard InChI is InChI=1S/C15H16N2O6S/c1-14(7-8-14)13-10(9-16-23-13)12(18)11-5-3-4-6-15(11,17(19)20)24(2,21)22/h3-6,9,11H,7-8H2,1-2H3. The van der Waals surface area contributed by atoms with Gasteiger partial charge >= 0.3 is 4.87 Å². The maximum absolute atomic E-state index is 13.0. The van der Waals surface area contributed by atoms with Crippen molar-refractivity contribution in [1.29, 1.82) is 0 Å². The van der Waals surface area contributed by atoms with Crippen LogP contribution in [0.4, 0.5) is 0 Å². The normalized spacial score (nSPS) is 27.8. The lowest BCUT2D eigenvalue weighted by atomic mass is 9.86. The van der Waals surface area contributed by atoms with E-state index in [0.29, 0.717) is 5.76 Å². The number of nitrogens with zero attached hydrogens (tertiary/aromatic N) is 2. The topological polar surface area (TPSA) is 120 Å². The predicted octanol–water partition coefficient (Wildman–Crippen LogP) is 1.67. The van der Waals surface area contributed by atoms with E-state index in [1.165, 1.54) is 24.4 Å². The number of Topliss-reactive ketones (excluding diaryl/α,β-unsaturated/α-hetero) is 1. The van der Waals surface area contributed by atoms with Gasteiger partial charge in [0.05, 0.1) is 11.8 Å². The molecule has 1 fully saturated rings. The lowest BCUT2D eigenvalue weighted by Gasteiger charge is -2.27. The lowest BCUT2D eigenvalue weighted by Crippen LogP contribution is -2.53. The SMILES string of the molecule is CC1(c2oncc2C(=O)C2C=CC=CC2([N+](=O)[O-])S(C)(=O)=O)CC1. The van der Waals surface area contributed by atoms with Crippen LogP contribution in [0.15, 0.2) is 35.0 Å². The zero-order valence-electron chi connectivity index (χ0n) is 13.1. The number of rotatable bonds is 5. The molecule has 0 bridgehead atoms. The third-order valence-corrected chi connectivity index (χ3v) is 6.47. The first-order valence-electron chi connectivity index (χ1n) is 7.33. The molecule has 24 heavy (non-hydrogen) atoms. The van der Waals surface area contributed by atoms with E-state index in [4.69, 9.17) is 4.52 Å². The largest absolute Gasteiger partial charge is 0.360 e. The Balaban J connectivity index is 2.12. The Bertz CT molecular complexity index is 878. The fraction of sp³-hybridized carbons (Fsp3) is 0.467. The molecule has 0 aromatic carbocycles. The van der Waals surface area contributed by atoms with E-state index in [0.717, 1.165) is 25.2 Å². The lowest BCUT2D eigenvalue weighted by molar-refractivity contribution is -0.531. The van der Waals surface area contributed by atoms with Crippen LogP contribution in [0.5, 0.6) is 0 Å². The number of nitro groups is 1. The van der Waals surface area contributed by atoms with Crippen LogP contribution >= 0.6 is 0 Å². The molecule has 0 N–H and O–H groups in total. The predicted molar refractivity (Wildman–Crippen MR) is 83.8 cm³/mol. The molecule has 3 rings (SSSR count). The second kappa shape index (κ2) is 5.10. The highest BCUT2D eigenvalue weighted by Crippen LogP contribution is 2.49. The zero-order chi connectivity index (χ0) is 17.8. The number of hydrogen-bond donors (Lipinski definition) is 0. The highest BCUT2D eigenvalue weighted by atomic mass is 32.2. The quantitative estimate of drug-likeness (QED) is 0.449. The molecule has 0 saturated heterocycles. The van der Waals surface area contributed by atoms with E-state index in [1.807, 2.05) is 6.92 Å². The fourth-order valence-electron chi connectivity index (χ4n) is 2.98. The Morgan fingerprint density at radius 1 is 1.42 bits per heavy atom. The fourth-order valence-corrected chi connectivity index (χ4v) is 4.23. The Morgan fingerprint density at radius 3 is 2.62 bits per heavy atom. The van der Waals surface area contributed by atoms with Gasteiger partial charge in [0.2, 0.25) is 9.84 Å². The summed E-state index contributed by atoms with van der Waals surface area (Å²) >= 11 is 0. The van der Waals surface area contributed by atoms with Crippen LogP contribution in [0, 0.1) is 16.0 Å². The molecule has 8 nitrogen and oxygen atoms in total. The molecule has 128 valence electrons. The van der Waals surface area contributed by atoms with Crippen LogP contribution in [-0.2, 0) is 15.3 Å². The molecule has 2 aliphatic rings. The van der Waals surface area contributed by atoms with Gasteiger partial charge in [-0.1, -0.05) is 30.3 Å². The number of aromatic nitrogens is 1. The summed E-state index contributed by atoms with van der Waals surface area (Å²) in [6, 6.07) is 0. The van der Waals surface area contributed by atoms with Gasteiger partial charge in [-0.15, -0.1) is 0 Å². The highest BCUT2D eigenvalue weighted by Gasteiger charge is 2.61. The van der Waals surface area contributed by atoms with Gasteiger partial charge in [-0.05, 0) is 12.8 Å². The minimum Gasteiger partial charge on any atom is -0.360 e. The van der Waals surface area contributed by atoms with E-state index >= 15 is 0 Å². The summed E-state index contributed by atoms with van der Waals surface area (Å²) in [6.07, 6.45) is 8.50. The monoisotopic (exact) mass is 352 g/mol. The maximum Gasteiger partial charge on any atom is 0.350 e. The summed E-state index contributed by atoms with van der Waals surface area (Å²) in [5.74, 6) is -1.80. The van der Waals surface area contributed by atoms with Gasteiger partial charge in [0.25, 0.3) is 0 Å². The average Bonchev–Trinajstić information content (AvgIpc) is 3.07. The van der Waals surface area contributed by atoms with Gasteiger partial charge in [0.1, 0.15) is 5.92 Å². The number of ketones is 1. The van der Waals surface area contributed by atoms with Crippen LogP contribution in [0.1, 0.15) is 35.9 Å². The maximum atomic E-state index is 13.0. The van der Waals surface area contributed by atoms with Crippen LogP contribution < -0.4 is 0 Å². The molecule has 1 saturated carbocycles. The number of sulfone groups is 1. The molecule has 0 aliphatic heterocycles. The van der Waals surface area contributed by atoms with E-state index in [-0.39, 0.29) is 11.0 Å². The number of carbonyl (C=O) groups is 1. The third kappa shape index (κ3) is 2.22. The van der Waals surface area contributed by atoms with Crippen molar-refractivity contribution >= 4 is 15.6 Å². The van der Waals surface area contributed by atoms with E-state index < -0.39 is 31.3 Å². The highest BCUT2D eigenvalue weighted by molar-refractivity contribution is 7.92. The second-order valence-corrected chi connectivity index (χ2v) is 8.69. The molecule has 1 aromatic heterocycles. The molecular formula is C15H16N2O6S. The molecule has 0 spiro atoms. The Labute approximate surface area is 138 Å². The molecule has 1 aromatic rings. The number of carbonyl (C=O) groups excluding carboxylic acids is 1. The van der Waals surface area contributed by atoms with Crippen molar-refractivity contribution < 1.29 is 22.7 Å². The van der Waals surface area contributed by atoms with Gasteiger partial charge in [-0.3, -0.25) is 14.9 Å². The second-order valence-electron chi connectivity index (χ2n) is 6.50. The van der Waals surface area contributed by atoms with Crippen molar-refractivity contribution in [3.63, 3.8) is 0 Å². The first kappa shape index (κ1) is 16.6. The first-order chi connectivity index (χ1) is 11.1. The van der Waals surface area contributed by atoms with Crippen molar-refractivity contribution in [2.24, 2.45) is 5.92 Å². The molecule has 0 amide bonds. The minimum atomic E-state index is -4.21.